The summed E-state index contributed by atoms with van der Waals surface area (Å²) in [6.45, 7) is 3.31. The Balaban J connectivity index is 3.00. The lowest BCUT2D eigenvalue weighted by Crippen LogP contribution is -2.04. The maximum absolute atomic E-state index is 5.63. The lowest BCUT2D eigenvalue weighted by atomic mass is 10.0. The maximum atomic E-state index is 5.63. The molecule has 0 aromatic heterocycles. The second-order valence-electron chi connectivity index (χ2n) is 2.85. The first-order valence-electron chi connectivity index (χ1n) is 4.06. The van der Waals surface area contributed by atoms with Crippen LogP contribution < -0.4 is 5.73 Å². The van der Waals surface area contributed by atoms with Gasteiger partial charge >= 0.3 is 0 Å². The molecule has 0 unspecified atom stereocenters. The minimum Gasteiger partial charge on any atom is -0.380 e. The van der Waals surface area contributed by atoms with Crippen LogP contribution in [0.25, 0.3) is 0 Å². The zero-order chi connectivity index (χ0) is 8.97. The van der Waals surface area contributed by atoms with Crippen LogP contribution in [0.5, 0.6) is 0 Å². The quantitative estimate of drug-likeness (QED) is 0.738. The summed E-state index contributed by atoms with van der Waals surface area (Å²) in [6, 6.07) is 6.16. The van der Waals surface area contributed by atoms with Crippen LogP contribution in [0.3, 0.4) is 0 Å². The van der Waals surface area contributed by atoms with Crippen LogP contribution in [-0.2, 0) is 17.9 Å². The molecule has 0 aliphatic heterocycles. The number of rotatable bonds is 3. The van der Waals surface area contributed by atoms with Crippen molar-refractivity contribution in [1.82, 2.24) is 0 Å². The Hall–Kier alpha value is -0.860. The maximum Gasteiger partial charge on any atom is 0.0716 e. The Morgan fingerprint density at radius 1 is 1.42 bits per heavy atom. The number of ether oxygens (including phenoxy) is 1. The van der Waals surface area contributed by atoms with Crippen LogP contribution in [0.1, 0.15) is 16.7 Å². The van der Waals surface area contributed by atoms with E-state index in [1.54, 1.807) is 7.11 Å². The highest BCUT2D eigenvalue weighted by Gasteiger charge is 2.01. The molecular formula is C10H15NO. The predicted molar refractivity (Wildman–Crippen MR) is 49.8 cm³/mol. The molecule has 0 radical (unpaired) electrons. The van der Waals surface area contributed by atoms with Gasteiger partial charge in [0.2, 0.25) is 0 Å². The molecule has 2 N–H and O–H groups in total. The highest BCUT2D eigenvalue weighted by molar-refractivity contribution is 5.33. The molecule has 0 spiro atoms. The van der Waals surface area contributed by atoms with Crippen molar-refractivity contribution in [2.45, 2.75) is 20.1 Å². The van der Waals surface area contributed by atoms with E-state index in [1.807, 2.05) is 6.07 Å². The van der Waals surface area contributed by atoms with E-state index in [1.165, 1.54) is 16.7 Å². The van der Waals surface area contributed by atoms with Gasteiger partial charge in [-0.05, 0) is 23.6 Å². The molecule has 2 nitrogen and oxygen atoms in total. The summed E-state index contributed by atoms with van der Waals surface area (Å²) in [4.78, 5) is 0. The molecule has 2 heteroatoms. The van der Waals surface area contributed by atoms with Crippen molar-refractivity contribution in [1.29, 1.82) is 0 Å². The molecule has 0 fully saturated rings. The van der Waals surface area contributed by atoms with Crippen LogP contribution >= 0.6 is 0 Å². The Bertz CT molecular complexity index is 258. The van der Waals surface area contributed by atoms with Gasteiger partial charge in [0.15, 0.2) is 0 Å². The van der Waals surface area contributed by atoms with Crippen LogP contribution in [-0.4, -0.2) is 7.11 Å². The Morgan fingerprint density at radius 3 is 2.75 bits per heavy atom. The molecule has 1 rings (SSSR count). The molecule has 66 valence electrons. The van der Waals surface area contributed by atoms with Gasteiger partial charge in [0.05, 0.1) is 6.61 Å². The van der Waals surface area contributed by atoms with Gasteiger partial charge in [-0.1, -0.05) is 18.2 Å². The van der Waals surface area contributed by atoms with Gasteiger partial charge in [0, 0.05) is 13.7 Å². The minimum absolute atomic E-state index is 0.589. The molecule has 0 saturated carbocycles. The molecule has 0 aliphatic carbocycles. The van der Waals surface area contributed by atoms with Crippen molar-refractivity contribution in [3.05, 3.63) is 34.9 Å². The number of aryl methyl sites for hydroxylation is 1. The highest BCUT2D eigenvalue weighted by atomic mass is 16.5. The summed E-state index contributed by atoms with van der Waals surface area (Å²) in [5, 5.41) is 0. The molecule has 0 heterocycles. The van der Waals surface area contributed by atoms with Crippen molar-refractivity contribution in [3.63, 3.8) is 0 Å². The number of nitrogens with two attached hydrogens (primary N) is 1. The SMILES string of the molecule is COCc1cccc(C)c1CN. The van der Waals surface area contributed by atoms with Gasteiger partial charge in [-0.3, -0.25) is 0 Å². The smallest absolute Gasteiger partial charge is 0.0716 e. The van der Waals surface area contributed by atoms with Gasteiger partial charge in [-0.2, -0.15) is 0 Å². The first kappa shape index (κ1) is 9.23. The van der Waals surface area contributed by atoms with Crippen LogP contribution in [0.2, 0.25) is 0 Å². The summed E-state index contributed by atoms with van der Waals surface area (Å²) < 4.78 is 5.07. The number of benzene rings is 1. The number of methoxy groups -OCH3 is 1. The van der Waals surface area contributed by atoms with E-state index < -0.39 is 0 Å². The lowest BCUT2D eigenvalue weighted by Gasteiger charge is -2.09. The van der Waals surface area contributed by atoms with E-state index in [0.717, 1.165) is 0 Å². The monoisotopic (exact) mass is 165 g/mol. The zero-order valence-corrected chi connectivity index (χ0v) is 7.63. The standard InChI is InChI=1S/C10H15NO/c1-8-4-3-5-9(7-12-2)10(8)6-11/h3-5H,6-7,11H2,1-2H3. The second kappa shape index (κ2) is 4.24. The molecule has 0 amide bonds. The van der Waals surface area contributed by atoms with E-state index in [0.29, 0.717) is 13.2 Å². The van der Waals surface area contributed by atoms with Crippen molar-refractivity contribution in [2.24, 2.45) is 5.73 Å². The van der Waals surface area contributed by atoms with Gasteiger partial charge in [0.1, 0.15) is 0 Å². The summed E-state index contributed by atoms with van der Waals surface area (Å²) in [5.74, 6) is 0. The minimum atomic E-state index is 0.589. The van der Waals surface area contributed by atoms with Crippen LogP contribution in [0.15, 0.2) is 18.2 Å². The molecule has 0 atom stereocenters. The van der Waals surface area contributed by atoms with E-state index in [4.69, 9.17) is 10.5 Å². The first-order valence-corrected chi connectivity index (χ1v) is 4.06. The van der Waals surface area contributed by atoms with Crippen molar-refractivity contribution in [2.75, 3.05) is 7.11 Å². The van der Waals surface area contributed by atoms with Gasteiger partial charge < -0.3 is 10.5 Å². The molecule has 0 aliphatic rings. The number of hydrogen-bond acceptors (Lipinski definition) is 2. The predicted octanol–water partition coefficient (Wildman–Crippen LogP) is 1.60. The fraction of sp³-hybridized carbons (Fsp3) is 0.400. The Kier molecular flexibility index (Phi) is 3.26. The van der Waals surface area contributed by atoms with Crippen molar-refractivity contribution < 1.29 is 4.74 Å². The van der Waals surface area contributed by atoms with Crippen LogP contribution in [0, 0.1) is 6.92 Å². The summed E-state index contributed by atoms with van der Waals surface area (Å²) in [6.07, 6.45) is 0. The van der Waals surface area contributed by atoms with E-state index in [9.17, 15) is 0 Å². The first-order chi connectivity index (χ1) is 5.79. The third-order valence-corrected chi connectivity index (χ3v) is 2.01. The average Bonchev–Trinajstić information content (AvgIpc) is 2.05. The van der Waals surface area contributed by atoms with Crippen LogP contribution in [0.4, 0.5) is 0 Å². The summed E-state index contributed by atoms with van der Waals surface area (Å²) in [5.41, 5.74) is 9.27. The highest BCUT2D eigenvalue weighted by Crippen LogP contribution is 2.13. The molecular weight excluding hydrogens is 150 g/mol. The molecule has 1 aromatic carbocycles. The Labute approximate surface area is 73.3 Å². The van der Waals surface area contributed by atoms with Gasteiger partial charge in [-0.25, -0.2) is 0 Å². The second-order valence-corrected chi connectivity index (χ2v) is 2.85. The fourth-order valence-electron chi connectivity index (χ4n) is 1.35. The summed E-state index contributed by atoms with van der Waals surface area (Å²) >= 11 is 0. The molecule has 0 saturated heterocycles. The van der Waals surface area contributed by atoms with E-state index >= 15 is 0 Å². The topological polar surface area (TPSA) is 35.2 Å². The third-order valence-electron chi connectivity index (χ3n) is 2.01. The fourth-order valence-corrected chi connectivity index (χ4v) is 1.35. The lowest BCUT2D eigenvalue weighted by molar-refractivity contribution is 0.184. The van der Waals surface area contributed by atoms with E-state index in [-0.39, 0.29) is 0 Å². The zero-order valence-electron chi connectivity index (χ0n) is 7.63. The normalized spacial score (nSPS) is 10.2. The van der Waals surface area contributed by atoms with Crippen molar-refractivity contribution in [3.8, 4) is 0 Å². The van der Waals surface area contributed by atoms with Gasteiger partial charge in [-0.15, -0.1) is 0 Å². The third kappa shape index (κ3) is 1.84. The van der Waals surface area contributed by atoms with Gasteiger partial charge in [0.25, 0.3) is 0 Å². The molecule has 1 aromatic rings. The average molecular weight is 165 g/mol. The largest absolute Gasteiger partial charge is 0.380 e. The van der Waals surface area contributed by atoms with Crippen molar-refractivity contribution >= 4 is 0 Å². The molecule has 0 bridgehead atoms. The van der Waals surface area contributed by atoms with E-state index in [2.05, 4.69) is 19.1 Å². The molecule has 12 heavy (non-hydrogen) atoms. The Morgan fingerprint density at radius 2 is 2.17 bits per heavy atom. The number of hydrogen-bond donors (Lipinski definition) is 1. The summed E-state index contributed by atoms with van der Waals surface area (Å²) in [7, 11) is 1.70.